The molecule has 1 fully saturated rings. The first-order valence-electron chi connectivity index (χ1n) is 10.5. The highest BCUT2D eigenvalue weighted by Crippen LogP contribution is 2.38. The van der Waals surface area contributed by atoms with Gasteiger partial charge in [-0.25, -0.2) is 0 Å². The number of carbonyl (C=O) groups excluding carboxylic acids is 2. The summed E-state index contributed by atoms with van der Waals surface area (Å²) in [5.41, 5.74) is 0.973. The maximum atomic E-state index is 13.3. The molecule has 3 rings (SSSR count). The fourth-order valence-electron chi connectivity index (χ4n) is 3.45. The van der Waals surface area contributed by atoms with Crippen molar-refractivity contribution in [2.24, 2.45) is 5.92 Å². The highest BCUT2D eigenvalue weighted by Gasteiger charge is 2.44. The van der Waals surface area contributed by atoms with Crippen LogP contribution >= 0.6 is 0 Å². The number of nitrogens with one attached hydrogen (secondary N) is 1. The predicted molar refractivity (Wildman–Crippen MR) is 115 cm³/mol. The average Bonchev–Trinajstić information content (AvgIpc) is 3.01. The Hall–Kier alpha value is -3.19. The Kier molecular flexibility index (Phi) is 7.07. The largest absolute Gasteiger partial charge is 0.872 e. The lowest BCUT2D eigenvalue weighted by atomic mass is 9.96. The molecule has 1 aliphatic heterocycles. The molecule has 2 heterocycles. The van der Waals surface area contributed by atoms with Crippen LogP contribution in [-0.2, 0) is 9.59 Å². The van der Waals surface area contributed by atoms with Crippen LogP contribution in [0.5, 0.6) is 5.75 Å². The molecule has 0 aliphatic carbocycles. The highest BCUT2D eigenvalue weighted by molar-refractivity contribution is 6.46. The lowest BCUT2D eigenvalue weighted by Crippen LogP contribution is -3.06. The van der Waals surface area contributed by atoms with Crippen molar-refractivity contribution in [2.75, 3.05) is 33.8 Å². The highest BCUT2D eigenvalue weighted by atomic mass is 16.5. The Balaban J connectivity index is 2.00. The van der Waals surface area contributed by atoms with Crippen LogP contribution in [0.1, 0.15) is 31.0 Å². The average molecular weight is 424 g/mol. The summed E-state index contributed by atoms with van der Waals surface area (Å²) in [4.78, 5) is 32.5. The SMILES string of the molecule is CC(C)COc1ccc(/C([O-])=C2\C(=O)C(=O)N(CC[NH+](C)C)C2c2cccnc2)cc1. The zero-order valence-electron chi connectivity index (χ0n) is 18.4. The van der Waals surface area contributed by atoms with Crippen LogP contribution < -0.4 is 14.7 Å². The number of aromatic nitrogens is 1. The Morgan fingerprint density at radius 2 is 1.90 bits per heavy atom. The summed E-state index contributed by atoms with van der Waals surface area (Å²) in [5, 5.41) is 13.3. The van der Waals surface area contributed by atoms with E-state index in [4.69, 9.17) is 4.74 Å². The molecule has 31 heavy (non-hydrogen) atoms. The van der Waals surface area contributed by atoms with Gasteiger partial charge in [0.15, 0.2) is 0 Å². The summed E-state index contributed by atoms with van der Waals surface area (Å²) in [6.45, 7) is 5.70. The number of ether oxygens (including phenoxy) is 1. The molecule has 0 bridgehead atoms. The number of hydrogen-bond acceptors (Lipinski definition) is 5. The first-order chi connectivity index (χ1) is 14.8. The van der Waals surface area contributed by atoms with Gasteiger partial charge in [0.25, 0.3) is 5.91 Å². The van der Waals surface area contributed by atoms with Gasteiger partial charge >= 0.3 is 0 Å². The number of likely N-dealkylation sites (N-methyl/N-ethyl adjacent to an activating group) is 1. The Bertz CT molecular complexity index is 953. The fourth-order valence-corrected chi connectivity index (χ4v) is 3.45. The fraction of sp³-hybridized carbons (Fsp3) is 0.375. The van der Waals surface area contributed by atoms with Crippen LogP contribution in [0.2, 0.25) is 0 Å². The van der Waals surface area contributed by atoms with Gasteiger partial charge in [-0.05, 0) is 35.2 Å². The van der Waals surface area contributed by atoms with Crippen molar-refractivity contribution in [1.82, 2.24) is 9.88 Å². The van der Waals surface area contributed by atoms with Crippen LogP contribution in [0.15, 0.2) is 54.4 Å². The molecule has 1 unspecified atom stereocenters. The van der Waals surface area contributed by atoms with Crippen LogP contribution in [0, 0.1) is 5.92 Å². The minimum Gasteiger partial charge on any atom is -0.872 e. The molecule has 7 nitrogen and oxygen atoms in total. The number of hydrogen-bond donors (Lipinski definition) is 1. The van der Waals surface area contributed by atoms with Crippen molar-refractivity contribution < 1.29 is 24.3 Å². The van der Waals surface area contributed by atoms with Crippen LogP contribution in [0.3, 0.4) is 0 Å². The number of benzene rings is 1. The van der Waals surface area contributed by atoms with Gasteiger partial charge in [0.1, 0.15) is 5.75 Å². The van der Waals surface area contributed by atoms with Gasteiger partial charge in [-0.1, -0.05) is 37.8 Å². The van der Waals surface area contributed by atoms with Gasteiger partial charge in [-0.2, -0.15) is 0 Å². The Morgan fingerprint density at radius 1 is 1.19 bits per heavy atom. The van der Waals surface area contributed by atoms with Crippen molar-refractivity contribution in [3.05, 3.63) is 65.5 Å². The maximum Gasteiger partial charge on any atom is 0.295 e. The smallest absolute Gasteiger partial charge is 0.295 e. The third kappa shape index (κ3) is 5.11. The Morgan fingerprint density at radius 3 is 2.48 bits per heavy atom. The molecule has 1 aromatic carbocycles. The second-order valence-corrected chi connectivity index (χ2v) is 8.45. The van der Waals surface area contributed by atoms with E-state index in [1.807, 2.05) is 14.1 Å². The van der Waals surface area contributed by atoms with Gasteiger partial charge < -0.3 is 19.6 Å². The number of ketones is 1. The molecule has 0 radical (unpaired) electrons. The molecule has 1 N–H and O–H groups in total. The summed E-state index contributed by atoms with van der Waals surface area (Å²) in [7, 11) is 3.94. The lowest BCUT2D eigenvalue weighted by molar-refractivity contribution is -0.857. The molecule has 0 saturated carbocycles. The van der Waals surface area contributed by atoms with Crippen molar-refractivity contribution in [1.29, 1.82) is 0 Å². The molecule has 0 spiro atoms. The van der Waals surface area contributed by atoms with E-state index in [9.17, 15) is 14.7 Å². The second kappa shape index (κ2) is 9.75. The lowest BCUT2D eigenvalue weighted by Gasteiger charge is -2.27. The molecule has 1 atom stereocenters. The zero-order chi connectivity index (χ0) is 22.5. The van der Waals surface area contributed by atoms with Crippen molar-refractivity contribution in [3.63, 3.8) is 0 Å². The third-order valence-electron chi connectivity index (χ3n) is 5.08. The number of pyridine rings is 1. The number of likely N-dealkylation sites (tertiary alicyclic amines) is 1. The van der Waals surface area contributed by atoms with Gasteiger partial charge in [-0.15, -0.1) is 0 Å². The number of rotatable bonds is 8. The van der Waals surface area contributed by atoms with Crippen LogP contribution in [0.25, 0.3) is 5.76 Å². The van der Waals surface area contributed by atoms with E-state index < -0.39 is 23.5 Å². The molecular weight excluding hydrogens is 394 g/mol. The minimum atomic E-state index is -0.743. The van der Waals surface area contributed by atoms with E-state index in [0.29, 0.717) is 42.5 Å². The first-order valence-corrected chi connectivity index (χ1v) is 10.5. The number of nitrogens with zero attached hydrogens (tertiary/aromatic N) is 2. The van der Waals surface area contributed by atoms with Crippen molar-refractivity contribution in [2.45, 2.75) is 19.9 Å². The second-order valence-electron chi connectivity index (χ2n) is 8.45. The number of amides is 1. The third-order valence-corrected chi connectivity index (χ3v) is 5.08. The molecule has 7 heteroatoms. The van der Waals surface area contributed by atoms with Gasteiger partial charge in [0, 0.05) is 18.0 Å². The molecular formula is C24H29N3O4. The monoisotopic (exact) mass is 423 g/mol. The van der Waals surface area contributed by atoms with E-state index in [1.165, 1.54) is 4.90 Å². The standard InChI is InChI=1S/C24H29N3O4/c1-16(2)15-31-19-9-7-17(8-10-19)22(28)20-21(18-6-5-11-25-14-18)27(13-12-26(3)4)24(30)23(20)29/h5-11,14,16,21,28H,12-13,15H2,1-4H3/b22-20+. The van der Waals surface area contributed by atoms with E-state index in [0.717, 1.165) is 4.90 Å². The van der Waals surface area contributed by atoms with E-state index >= 15 is 0 Å². The summed E-state index contributed by atoms with van der Waals surface area (Å²) < 4.78 is 5.67. The summed E-state index contributed by atoms with van der Waals surface area (Å²) in [5.74, 6) is -0.789. The summed E-state index contributed by atoms with van der Waals surface area (Å²) in [6.07, 6.45) is 3.22. The van der Waals surface area contributed by atoms with E-state index in [-0.39, 0.29) is 5.57 Å². The van der Waals surface area contributed by atoms with Crippen molar-refractivity contribution >= 4 is 17.4 Å². The van der Waals surface area contributed by atoms with E-state index in [2.05, 4.69) is 18.8 Å². The normalized spacial score (nSPS) is 18.3. The molecule has 1 amide bonds. The molecule has 1 aliphatic rings. The molecule has 1 aromatic heterocycles. The van der Waals surface area contributed by atoms with E-state index in [1.54, 1.807) is 48.8 Å². The van der Waals surface area contributed by atoms with Crippen LogP contribution in [0.4, 0.5) is 0 Å². The minimum absolute atomic E-state index is 0.0254. The topological polar surface area (TPSA) is 87.0 Å². The first kappa shape index (κ1) is 22.5. The molecule has 1 saturated heterocycles. The number of Topliss-reactive ketones (excluding diaryl/α,β-unsaturated/α-hetero) is 1. The quantitative estimate of drug-likeness (QED) is 0.379. The number of quaternary nitrogens is 1. The Labute approximate surface area is 183 Å². The van der Waals surface area contributed by atoms with Gasteiger partial charge in [0.2, 0.25) is 5.78 Å². The summed E-state index contributed by atoms with van der Waals surface area (Å²) >= 11 is 0. The van der Waals surface area contributed by atoms with Crippen molar-refractivity contribution in [3.8, 4) is 5.75 Å². The molecule has 164 valence electrons. The number of carbonyl (C=O) groups is 2. The van der Waals surface area contributed by atoms with Crippen LogP contribution in [-0.4, -0.2) is 55.4 Å². The maximum absolute atomic E-state index is 13.3. The van der Waals surface area contributed by atoms with Gasteiger partial charge in [-0.3, -0.25) is 14.6 Å². The van der Waals surface area contributed by atoms with Gasteiger partial charge in [0.05, 0.1) is 39.8 Å². The molecule has 2 aromatic rings. The summed E-state index contributed by atoms with van der Waals surface area (Å²) in [6, 6.07) is 9.48. The predicted octanol–water partition coefficient (Wildman–Crippen LogP) is 0.485. The zero-order valence-corrected chi connectivity index (χ0v) is 18.4.